The highest BCUT2D eigenvalue weighted by molar-refractivity contribution is 9.10. The molecule has 100 valence electrons. The number of hydrogen-bond acceptors (Lipinski definition) is 3. The fraction of sp³-hybridized carbons (Fsp3) is 0.500. The van der Waals surface area contributed by atoms with Crippen molar-refractivity contribution in [1.29, 1.82) is 0 Å². The molecule has 0 bridgehead atoms. The molecular weight excluding hydrogens is 316 g/mol. The summed E-state index contributed by atoms with van der Waals surface area (Å²) in [4.78, 5) is 0. The third-order valence-corrected chi connectivity index (χ3v) is 5.52. The number of hydrogen-bond donors (Lipinski definition) is 2. The minimum atomic E-state index is -3.31. The maximum atomic E-state index is 12.2. The molecule has 0 spiro atoms. The van der Waals surface area contributed by atoms with Crippen molar-refractivity contribution in [3.05, 3.63) is 27.7 Å². The molecule has 4 nitrogen and oxygen atoms in total. The van der Waals surface area contributed by atoms with Crippen LogP contribution in [-0.2, 0) is 10.0 Å². The number of anilines is 1. The third-order valence-electron chi connectivity index (χ3n) is 3.13. The SMILES string of the molecule is Cc1cc(C)c(NS(=O)(=O)C2CCNC2)c(Br)c1. The van der Waals surface area contributed by atoms with Crippen LogP contribution in [0.2, 0.25) is 0 Å². The molecule has 1 fully saturated rings. The number of halogens is 1. The van der Waals surface area contributed by atoms with Crippen molar-refractivity contribution in [1.82, 2.24) is 5.32 Å². The van der Waals surface area contributed by atoms with Gasteiger partial charge in [0, 0.05) is 11.0 Å². The Kier molecular flexibility index (Phi) is 3.99. The second-order valence-corrected chi connectivity index (χ2v) is 7.52. The summed E-state index contributed by atoms with van der Waals surface area (Å²) in [5, 5.41) is 2.73. The van der Waals surface area contributed by atoms with E-state index >= 15 is 0 Å². The van der Waals surface area contributed by atoms with Crippen LogP contribution < -0.4 is 10.0 Å². The van der Waals surface area contributed by atoms with Crippen LogP contribution in [0.25, 0.3) is 0 Å². The van der Waals surface area contributed by atoms with Crippen molar-refractivity contribution in [2.75, 3.05) is 17.8 Å². The molecule has 0 aromatic heterocycles. The average Bonchev–Trinajstić information content (AvgIpc) is 2.77. The van der Waals surface area contributed by atoms with E-state index in [0.29, 0.717) is 18.7 Å². The molecule has 6 heteroatoms. The van der Waals surface area contributed by atoms with E-state index in [1.165, 1.54) is 0 Å². The molecule has 1 atom stereocenters. The first-order valence-corrected chi connectivity index (χ1v) is 8.23. The summed E-state index contributed by atoms with van der Waals surface area (Å²) in [6.07, 6.45) is 0.665. The molecule has 18 heavy (non-hydrogen) atoms. The van der Waals surface area contributed by atoms with Gasteiger partial charge in [-0.3, -0.25) is 4.72 Å². The minimum absolute atomic E-state index is 0.342. The molecule has 1 saturated heterocycles. The standard InChI is InChI=1S/C12H17BrN2O2S/c1-8-5-9(2)12(11(13)6-8)15-18(16,17)10-3-4-14-7-10/h5-6,10,14-15H,3-4,7H2,1-2H3. The molecule has 1 aromatic carbocycles. The van der Waals surface area contributed by atoms with Crippen LogP contribution in [-0.4, -0.2) is 26.8 Å². The molecule has 1 unspecified atom stereocenters. The van der Waals surface area contributed by atoms with Gasteiger partial charge in [-0.05, 0) is 59.9 Å². The van der Waals surface area contributed by atoms with Crippen LogP contribution in [0.5, 0.6) is 0 Å². The monoisotopic (exact) mass is 332 g/mol. The molecular formula is C12H17BrN2O2S. The highest BCUT2D eigenvalue weighted by Gasteiger charge is 2.29. The molecule has 0 radical (unpaired) electrons. The molecule has 1 aliphatic rings. The van der Waals surface area contributed by atoms with Gasteiger partial charge in [0.25, 0.3) is 0 Å². The van der Waals surface area contributed by atoms with Gasteiger partial charge in [-0.1, -0.05) is 6.07 Å². The van der Waals surface area contributed by atoms with Crippen molar-refractivity contribution >= 4 is 31.6 Å². The zero-order valence-electron chi connectivity index (χ0n) is 10.5. The summed E-state index contributed by atoms with van der Waals surface area (Å²) in [5.74, 6) is 0. The number of rotatable bonds is 3. The van der Waals surface area contributed by atoms with E-state index in [-0.39, 0.29) is 5.25 Å². The fourth-order valence-electron chi connectivity index (χ4n) is 2.16. The molecule has 0 saturated carbocycles. The van der Waals surface area contributed by atoms with Crippen LogP contribution >= 0.6 is 15.9 Å². The van der Waals surface area contributed by atoms with E-state index in [1.807, 2.05) is 26.0 Å². The number of sulfonamides is 1. The second-order valence-electron chi connectivity index (χ2n) is 4.70. The van der Waals surface area contributed by atoms with Crippen molar-refractivity contribution in [3.8, 4) is 0 Å². The van der Waals surface area contributed by atoms with Gasteiger partial charge in [0.2, 0.25) is 10.0 Å². The topological polar surface area (TPSA) is 58.2 Å². The first kappa shape index (κ1) is 13.8. The van der Waals surface area contributed by atoms with Crippen LogP contribution in [0.1, 0.15) is 17.5 Å². The van der Waals surface area contributed by atoms with Crippen molar-refractivity contribution in [3.63, 3.8) is 0 Å². The Morgan fingerprint density at radius 2 is 2.11 bits per heavy atom. The zero-order valence-corrected chi connectivity index (χ0v) is 12.9. The highest BCUT2D eigenvalue weighted by Crippen LogP contribution is 2.29. The van der Waals surface area contributed by atoms with Gasteiger partial charge in [0.1, 0.15) is 0 Å². The molecule has 0 aliphatic carbocycles. The lowest BCUT2D eigenvalue weighted by Gasteiger charge is -2.16. The lowest BCUT2D eigenvalue weighted by atomic mass is 10.1. The van der Waals surface area contributed by atoms with Crippen LogP contribution in [0.4, 0.5) is 5.69 Å². The first-order chi connectivity index (χ1) is 8.40. The van der Waals surface area contributed by atoms with Crippen LogP contribution in [0.15, 0.2) is 16.6 Å². The molecule has 2 rings (SSSR count). The van der Waals surface area contributed by atoms with E-state index in [4.69, 9.17) is 0 Å². The summed E-state index contributed by atoms with van der Waals surface area (Å²) in [7, 11) is -3.31. The molecule has 2 N–H and O–H groups in total. The van der Waals surface area contributed by atoms with Crippen LogP contribution in [0.3, 0.4) is 0 Å². The lowest BCUT2D eigenvalue weighted by Crippen LogP contribution is -2.30. The van der Waals surface area contributed by atoms with Crippen molar-refractivity contribution in [2.45, 2.75) is 25.5 Å². The molecule has 1 aliphatic heterocycles. The van der Waals surface area contributed by atoms with E-state index in [9.17, 15) is 8.42 Å². The quantitative estimate of drug-likeness (QED) is 0.891. The Balaban J connectivity index is 2.29. The summed E-state index contributed by atoms with van der Waals surface area (Å²) in [5.41, 5.74) is 2.67. The Labute approximate surface area is 116 Å². The predicted molar refractivity (Wildman–Crippen MR) is 77.4 cm³/mol. The number of nitrogens with one attached hydrogen (secondary N) is 2. The Hall–Kier alpha value is -0.590. The van der Waals surface area contributed by atoms with E-state index in [1.54, 1.807) is 0 Å². The third kappa shape index (κ3) is 2.87. The summed E-state index contributed by atoms with van der Waals surface area (Å²) in [6, 6.07) is 3.88. The van der Waals surface area contributed by atoms with Gasteiger partial charge < -0.3 is 5.32 Å². The van der Waals surface area contributed by atoms with E-state index in [0.717, 1.165) is 22.1 Å². The zero-order chi connectivity index (χ0) is 13.3. The number of aryl methyl sites for hydroxylation is 2. The van der Waals surface area contributed by atoms with Gasteiger partial charge >= 0.3 is 0 Å². The maximum Gasteiger partial charge on any atom is 0.236 e. The van der Waals surface area contributed by atoms with E-state index in [2.05, 4.69) is 26.0 Å². The fourth-order valence-corrected chi connectivity index (χ4v) is 4.56. The largest absolute Gasteiger partial charge is 0.315 e. The minimum Gasteiger partial charge on any atom is -0.315 e. The lowest BCUT2D eigenvalue weighted by molar-refractivity contribution is 0.588. The van der Waals surface area contributed by atoms with Crippen molar-refractivity contribution in [2.24, 2.45) is 0 Å². The maximum absolute atomic E-state index is 12.2. The Bertz CT molecular complexity index is 528. The summed E-state index contributed by atoms with van der Waals surface area (Å²) >= 11 is 3.42. The summed E-state index contributed by atoms with van der Waals surface area (Å²) < 4.78 is 27.9. The van der Waals surface area contributed by atoms with Crippen LogP contribution in [0, 0.1) is 13.8 Å². The molecule has 0 amide bonds. The van der Waals surface area contributed by atoms with Crippen molar-refractivity contribution < 1.29 is 8.42 Å². The smallest absolute Gasteiger partial charge is 0.236 e. The van der Waals surface area contributed by atoms with E-state index < -0.39 is 10.0 Å². The van der Waals surface area contributed by atoms with Gasteiger partial charge in [-0.15, -0.1) is 0 Å². The molecule has 1 aromatic rings. The highest BCUT2D eigenvalue weighted by atomic mass is 79.9. The Morgan fingerprint density at radius 3 is 2.67 bits per heavy atom. The predicted octanol–water partition coefficient (Wildman–Crippen LogP) is 2.17. The van der Waals surface area contributed by atoms with Gasteiger partial charge in [-0.2, -0.15) is 0 Å². The first-order valence-electron chi connectivity index (χ1n) is 5.89. The van der Waals surface area contributed by atoms with Gasteiger partial charge in [0.05, 0.1) is 10.9 Å². The normalized spacial score (nSPS) is 20.1. The Morgan fingerprint density at radius 1 is 1.39 bits per heavy atom. The average molecular weight is 333 g/mol. The molecule has 1 heterocycles. The van der Waals surface area contributed by atoms with Gasteiger partial charge in [0.15, 0.2) is 0 Å². The number of benzene rings is 1. The van der Waals surface area contributed by atoms with Gasteiger partial charge in [-0.25, -0.2) is 8.42 Å². The summed E-state index contributed by atoms with van der Waals surface area (Å²) in [6.45, 7) is 5.18. The second kappa shape index (κ2) is 5.19.